The maximum Gasteiger partial charge on any atom is 0.260 e. The molecular weight excluding hydrogens is 382 g/mol. The molecule has 0 N–H and O–H groups in total. The van der Waals surface area contributed by atoms with Crippen molar-refractivity contribution in [1.82, 2.24) is 4.90 Å². The number of hydrogen-bond acceptors (Lipinski definition) is 4. The van der Waals surface area contributed by atoms with Crippen LogP contribution in [-0.4, -0.2) is 36.7 Å². The third-order valence-electron chi connectivity index (χ3n) is 4.88. The molecule has 27 heavy (non-hydrogen) atoms. The fourth-order valence-electron chi connectivity index (χ4n) is 3.25. The number of ether oxygens (including phenoxy) is 2. The van der Waals surface area contributed by atoms with Crippen LogP contribution in [0.3, 0.4) is 0 Å². The van der Waals surface area contributed by atoms with Gasteiger partial charge in [0, 0.05) is 23.1 Å². The van der Waals surface area contributed by atoms with Gasteiger partial charge in [0.05, 0.1) is 12.6 Å². The fourth-order valence-corrected chi connectivity index (χ4v) is 4.28. The second-order valence-electron chi connectivity index (χ2n) is 7.10. The summed E-state index contributed by atoms with van der Waals surface area (Å²) in [7, 11) is 0. The lowest BCUT2D eigenvalue weighted by Crippen LogP contribution is -2.39. The summed E-state index contributed by atoms with van der Waals surface area (Å²) in [5, 5.41) is 2.80. The molecule has 1 aliphatic rings. The number of rotatable bonds is 7. The average molecular weight is 408 g/mol. The van der Waals surface area contributed by atoms with Crippen LogP contribution >= 0.6 is 22.9 Å². The second kappa shape index (κ2) is 9.09. The van der Waals surface area contributed by atoms with Crippen LogP contribution in [0.4, 0.5) is 0 Å². The Labute approximate surface area is 170 Å². The van der Waals surface area contributed by atoms with Gasteiger partial charge in [-0.25, -0.2) is 0 Å². The van der Waals surface area contributed by atoms with E-state index in [0.29, 0.717) is 18.8 Å². The molecule has 1 amide bonds. The van der Waals surface area contributed by atoms with Gasteiger partial charge in [-0.1, -0.05) is 11.6 Å². The number of amides is 1. The van der Waals surface area contributed by atoms with E-state index in [0.717, 1.165) is 35.6 Å². The number of hydrogen-bond donors (Lipinski definition) is 0. The zero-order valence-electron chi connectivity index (χ0n) is 16.1. The summed E-state index contributed by atoms with van der Waals surface area (Å²) in [5.41, 5.74) is 3.11. The standard InChI is InChI=1S/C21H26ClNO3S/c1-14-6-8-27-19(14)12-23(11-17-5-4-7-25-17)20(24)13-26-18-9-15(2)21(22)16(3)10-18/h6,8-10,17H,4-5,7,11-13H2,1-3H3/t17-/m1/s1. The predicted octanol–water partition coefficient (Wildman–Crippen LogP) is 4.91. The largest absolute Gasteiger partial charge is 0.484 e. The Hall–Kier alpha value is -1.56. The summed E-state index contributed by atoms with van der Waals surface area (Å²) in [4.78, 5) is 16.0. The Morgan fingerprint density at radius 2 is 2.04 bits per heavy atom. The van der Waals surface area contributed by atoms with Crippen LogP contribution in [0.2, 0.25) is 5.02 Å². The van der Waals surface area contributed by atoms with Crippen molar-refractivity contribution >= 4 is 28.8 Å². The molecule has 0 spiro atoms. The molecule has 0 aliphatic carbocycles. The molecule has 1 fully saturated rings. The minimum atomic E-state index is -0.0245. The highest BCUT2D eigenvalue weighted by atomic mass is 35.5. The molecule has 1 atom stereocenters. The van der Waals surface area contributed by atoms with Crippen molar-refractivity contribution in [3.8, 4) is 5.75 Å². The zero-order chi connectivity index (χ0) is 19.4. The molecule has 2 aromatic rings. The van der Waals surface area contributed by atoms with Crippen molar-refractivity contribution in [3.05, 3.63) is 50.2 Å². The van der Waals surface area contributed by atoms with Crippen molar-refractivity contribution in [1.29, 1.82) is 0 Å². The highest BCUT2D eigenvalue weighted by Crippen LogP contribution is 2.26. The highest BCUT2D eigenvalue weighted by molar-refractivity contribution is 7.10. The first kappa shape index (κ1) is 20.2. The van der Waals surface area contributed by atoms with E-state index in [4.69, 9.17) is 21.1 Å². The third-order valence-corrected chi connectivity index (χ3v) is 6.48. The van der Waals surface area contributed by atoms with Crippen molar-refractivity contribution in [2.24, 2.45) is 0 Å². The quantitative estimate of drug-likeness (QED) is 0.654. The van der Waals surface area contributed by atoms with E-state index in [2.05, 4.69) is 18.4 Å². The van der Waals surface area contributed by atoms with E-state index < -0.39 is 0 Å². The first-order valence-electron chi connectivity index (χ1n) is 9.26. The SMILES string of the molecule is Cc1ccsc1CN(C[C@H]1CCCO1)C(=O)COc1cc(C)c(Cl)c(C)c1. The van der Waals surface area contributed by atoms with Crippen LogP contribution in [0.25, 0.3) is 0 Å². The minimum absolute atomic E-state index is 0.0116. The van der Waals surface area contributed by atoms with Crippen LogP contribution in [0.1, 0.15) is 34.4 Å². The molecule has 1 aliphatic heterocycles. The molecule has 6 heteroatoms. The monoisotopic (exact) mass is 407 g/mol. The van der Waals surface area contributed by atoms with Gasteiger partial charge in [-0.05, 0) is 73.9 Å². The van der Waals surface area contributed by atoms with Crippen LogP contribution in [-0.2, 0) is 16.1 Å². The predicted molar refractivity (Wildman–Crippen MR) is 110 cm³/mol. The molecule has 4 nitrogen and oxygen atoms in total. The Kier molecular flexibility index (Phi) is 6.79. The number of aryl methyl sites for hydroxylation is 3. The topological polar surface area (TPSA) is 38.8 Å². The number of nitrogens with zero attached hydrogens (tertiary/aromatic N) is 1. The molecule has 2 heterocycles. The fraction of sp³-hybridized carbons (Fsp3) is 0.476. The molecule has 1 aromatic heterocycles. The molecule has 1 aromatic carbocycles. The van der Waals surface area contributed by atoms with E-state index in [1.807, 2.05) is 30.9 Å². The van der Waals surface area contributed by atoms with E-state index >= 15 is 0 Å². The molecule has 0 saturated carbocycles. The van der Waals surface area contributed by atoms with Crippen LogP contribution in [0.15, 0.2) is 23.6 Å². The number of carbonyl (C=O) groups excluding carboxylic acids is 1. The summed E-state index contributed by atoms with van der Waals surface area (Å²) in [6, 6.07) is 5.83. The van der Waals surface area contributed by atoms with Crippen molar-refractivity contribution in [2.45, 2.75) is 46.3 Å². The Morgan fingerprint density at radius 3 is 2.63 bits per heavy atom. The van der Waals surface area contributed by atoms with Gasteiger partial charge < -0.3 is 14.4 Å². The second-order valence-corrected chi connectivity index (χ2v) is 8.47. The van der Waals surface area contributed by atoms with Gasteiger partial charge in [-0.2, -0.15) is 0 Å². The summed E-state index contributed by atoms with van der Waals surface area (Å²) < 4.78 is 11.5. The molecule has 3 rings (SSSR count). The van der Waals surface area contributed by atoms with Gasteiger partial charge in [0.25, 0.3) is 5.91 Å². The first-order valence-corrected chi connectivity index (χ1v) is 10.5. The lowest BCUT2D eigenvalue weighted by atomic mass is 10.1. The number of thiophene rings is 1. The lowest BCUT2D eigenvalue weighted by Gasteiger charge is -2.25. The third kappa shape index (κ3) is 5.24. The van der Waals surface area contributed by atoms with Crippen molar-refractivity contribution in [3.63, 3.8) is 0 Å². The van der Waals surface area contributed by atoms with Gasteiger partial charge in [0.1, 0.15) is 5.75 Å². The van der Waals surface area contributed by atoms with Crippen LogP contribution in [0.5, 0.6) is 5.75 Å². The summed E-state index contributed by atoms with van der Waals surface area (Å²) >= 11 is 7.89. The van der Waals surface area contributed by atoms with Gasteiger partial charge in [0.2, 0.25) is 0 Å². The van der Waals surface area contributed by atoms with Gasteiger partial charge >= 0.3 is 0 Å². The smallest absolute Gasteiger partial charge is 0.260 e. The molecule has 0 radical (unpaired) electrons. The van der Waals surface area contributed by atoms with Gasteiger partial charge in [-0.15, -0.1) is 11.3 Å². The first-order chi connectivity index (χ1) is 12.9. The van der Waals surface area contributed by atoms with Crippen LogP contribution in [0, 0.1) is 20.8 Å². The Bertz CT molecular complexity index is 775. The summed E-state index contributed by atoms with van der Waals surface area (Å²) in [6.07, 6.45) is 2.18. The lowest BCUT2D eigenvalue weighted by molar-refractivity contribution is -0.135. The maximum atomic E-state index is 12.9. The molecular formula is C21H26ClNO3S. The Balaban J connectivity index is 1.67. The molecule has 1 saturated heterocycles. The minimum Gasteiger partial charge on any atom is -0.484 e. The van der Waals surface area contributed by atoms with Crippen molar-refractivity contribution in [2.75, 3.05) is 19.8 Å². The number of carbonyl (C=O) groups is 1. The van der Waals surface area contributed by atoms with E-state index in [-0.39, 0.29) is 18.6 Å². The number of halogens is 1. The molecule has 0 bridgehead atoms. The average Bonchev–Trinajstić information content (AvgIpc) is 3.29. The van der Waals surface area contributed by atoms with Gasteiger partial charge in [-0.3, -0.25) is 4.79 Å². The number of benzene rings is 1. The zero-order valence-corrected chi connectivity index (χ0v) is 17.7. The highest BCUT2D eigenvalue weighted by Gasteiger charge is 2.24. The summed E-state index contributed by atoms with van der Waals surface area (Å²) in [6.45, 7) is 7.96. The van der Waals surface area contributed by atoms with Gasteiger partial charge in [0.15, 0.2) is 6.61 Å². The molecule has 146 valence electrons. The van der Waals surface area contributed by atoms with E-state index in [9.17, 15) is 4.79 Å². The Morgan fingerprint density at radius 1 is 1.30 bits per heavy atom. The maximum absolute atomic E-state index is 12.9. The molecule has 0 unspecified atom stereocenters. The van der Waals surface area contributed by atoms with E-state index in [1.165, 1.54) is 10.4 Å². The van der Waals surface area contributed by atoms with Crippen LogP contribution < -0.4 is 4.74 Å². The summed E-state index contributed by atoms with van der Waals surface area (Å²) in [5.74, 6) is 0.649. The van der Waals surface area contributed by atoms with E-state index in [1.54, 1.807) is 11.3 Å². The normalized spacial score (nSPS) is 16.5. The van der Waals surface area contributed by atoms with Crippen molar-refractivity contribution < 1.29 is 14.3 Å².